The smallest absolute Gasteiger partial charge is 0.315 e. The van der Waals surface area contributed by atoms with Gasteiger partial charge in [0.2, 0.25) is 5.91 Å². The van der Waals surface area contributed by atoms with Crippen LogP contribution in [0.1, 0.15) is 30.9 Å². The highest BCUT2D eigenvalue weighted by atomic mass is 19.1. The van der Waals surface area contributed by atoms with Gasteiger partial charge in [0.15, 0.2) is 0 Å². The molecule has 0 radical (unpaired) electrons. The first-order chi connectivity index (χ1) is 13.6. The maximum Gasteiger partial charge on any atom is 0.315 e. The molecule has 0 aliphatic rings. The highest BCUT2D eigenvalue weighted by molar-refractivity contribution is 5.87. The van der Waals surface area contributed by atoms with Gasteiger partial charge in [0.05, 0.1) is 6.54 Å². The number of nitrogens with one attached hydrogen (secondary N) is 3. The molecule has 0 aliphatic carbocycles. The predicted octanol–water partition coefficient (Wildman–Crippen LogP) is 2.96. The number of carbonyl (C=O) groups excluding carboxylic acids is 2. The Bertz CT molecular complexity index is 826. The average Bonchev–Trinajstić information content (AvgIpc) is 2.71. The average molecular weight is 381 g/mol. The highest BCUT2D eigenvalue weighted by Gasteiger charge is 2.19. The molecule has 0 bridgehead atoms. The summed E-state index contributed by atoms with van der Waals surface area (Å²) in [5.41, 5.74) is 1.64. The molecule has 6 heteroatoms. The molecular formula is C22H24FN3O2. The van der Waals surface area contributed by atoms with Crippen LogP contribution >= 0.6 is 0 Å². The number of hydrogen-bond acceptors (Lipinski definition) is 2. The molecule has 0 fully saturated rings. The summed E-state index contributed by atoms with van der Waals surface area (Å²) in [5.74, 6) is 5.25. The first-order valence-corrected chi connectivity index (χ1v) is 9.19. The van der Waals surface area contributed by atoms with Gasteiger partial charge in [-0.15, -0.1) is 0 Å². The molecule has 1 atom stereocenters. The third kappa shape index (κ3) is 7.50. The maximum atomic E-state index is 12.9. The number of carbonyl (C=O) groups is 2. The van der Waals surface area contributed by atoms with Gasteiger partial charge >= 0.3 is 6.03 Å². The minimum Gasteiger partial charge on any atom is -0.343 e. The molecule has 1 unspecified atom stereocenters. The number of hydrogen-bond donors (Lipinski definition) is 3. The van der Waals surface area contributed by atoms with Crippen LogP contribution in [-0.2, 0) is 11.3 Å². The number of benzene rings is 2. The summed E-state index contributed by atoms with van der Waals surface area (Å²) in [7, 11) is 0. The Kier molecular flexibility index (Phi) is 8.54. The van der Waals surface area contributed by atoms with E-state index in [1.54, 1.807) is 12.1 Å². The fourth-order valence-electron chi connectivity index (χ4n) is 2.47. The van der Waals surface area contributed by atoms with Crippen molar-refractivity contribution < 1.29 is 14.0 Å². The molecular weight excluding hydrogens is 357 g/mol. The Hall–Kier alpha value is -3.33. The van der Waals surface area contributed by atoms with Crippen LogP contribution in [-0.4, -0.2) is 24.5 Å². The van der Waals surface area contributed by atoms with Crippen molar-refractivity contribution in [2.45, 2.75) is 32.4 Å². The molecule has 3 N–H and O–H groups in total. The molecule has 2 aromatic rings. The van der Waals surface area contributed by atoms with Crippen molar-refractivity contribution in [1.82, 2.24) is 16.0 Å². The van der Waals surface area contributed by atoms with E-state index in [0.717, 1.165) is 17.5 Å². The number of urea groups is 1. The second-order valence-corrected chi connectivity index (χ2v) is 6.18. The Morgan fingerprint density at radius 1 is 1.04 bits per heavy atom. The fraction of sp³-hybridized carbons (Fsp3) is 0.273. The van der Waals surface area contributed by atoms with Gasteiger partial charge in [-0.2, -0.15) is 0 Å². The van der Waals surface area contributed by atoms with Crippen LogP contribution in [0.4, 0.5) is 9.18 Å². The summed E-state index contributed by atoms with van der Waals surface area (Å²) >= 11 is 0. The third-order valence-electron chi connectivity index (χ3n) is 3.92. The van der Waals surface area contributed by atoms with Gasteiger partial charge in [-0.25, -0.2) is 9.18 Å². The van der Waals surface area contributed by atoms with E-state index in [-0.39, 0.29) is 24.8 Å². The van der Waals surface area contributed by atoms with E-state index in [1.165, 1.54) is 12.1 Å². The molecule has 5 nitrogen and oxygen atoms in total. The van der Waals surface area contributed by atoms with Crippen LogP contribution < -0.4 is 16.0 Å². The van der Waals surface area contributed by atoms with E-state index in [0.29, 0.717) is 6.42 Å². The monoisotopic (exact) mass is 381 g/mol. The molecule has 0 aliphatic heterocycles. The van der Waals surface area contributed by atoms with Crippen LogP contribution in [0.25, 0.3) is 0 Å². The van der Waals surface area contributed by atoms with Crippen LogP contribution in [0.2, 0.25) is 0 Å². The minimum absolute atomic E-state index is 0.201. The van der Waals surface area contributed by atoms with Gasteiger partial charge < -0.3 is 16.0 Å². The van der Waals surface area contributed by atoms with Crippen molar-refractivity contribution in [2.24, 2.45) is 0 Å². The number of rotatable bonds is 7. The molecule has 0 spiro atoms. The Labute approximate surface area is 164 Å². The largest absolute Gasteiger partial charge is 0.343 e. The lowest BCUT2D eigenvalue weighted by atomic mass is 10.1. The zero-order valence-electron chi connectivity index (χ0n) is 15.8. The fourth-order valence-corrected chi connectivity index (χ4v) is 2.47. The van der Waals surface area contributed by atoms with Gasteiger partial charge in [0.25, 0.3) is 0 Å². The zero-order valence-corrected chi connectivity index (χ0v) is 15.8. The van der Waals surface area contributed by atoms with Crippen molar-refractivity contribution in [2.75, 3.05) is 6.54 Å². The van der Waals surface area contributed by atoms with Crippen LogP contribution in [0.15, 0.2) is 54.6 Å². The summed E-state index contributed by atoms with van der Waals surface area (Å²) in [6, 6.07) is 14.2. The molecule has 2 rings (SSSR count). The van der Waals surface area contributed by atoms with Crippen LogP contribution in [0.3, 0.4) is 0 Å². The molecule has 2 aromatic carbocycles. The van der Waals surface area contributed by atoms with E-state index >= 15 is 0 Å². The van der Waals surface area contributed by atoms with Crippen molar-refractivity contribution in [3.63, 3.8) is 0 Å². The van der Waals surface area contributed by atoms with Gasteiger partial charge in [-0.05, 0) is 36.2 Å². The summed E-state index contributed by atoms with van der Waals surface area (Å²) in [5, 5.41) is 8.07. The summed E-state index contributed by atoms with van der Waals surface area (Å²) in [4.78, 5) is 24.4. The molecule has 146 valence electrons. The second-order valence-electron chi connectivity index (χ2n) is 6.18. The van der Waals surface area contributed by atoms with Crippen molar-refractivity contribution >= 4 is 11.9 Å². The Morgan fingerprint density at radius 3 is 2.43 bits per heavy atom. The standard InChI is InChI=1S/C22H24FN3O2/c1-2-7-20(21(27)24-15-6-10-17-8-4-3-5-9-17)26-22(28)25-16-18-11-13-19(23)14-12-18/h3-5,8-9,11-14,20H,2,7,15-16H2,1H3,(H,24,27)(H2,25,26,28). The second kappa shape index (κ2) is 11.4. The molecule has 0 heterocycles. The third-order valence-corrected chi connectivity index (χ3v) is 3.92. The normalized spacial score (nSPS) is 10.9. The first-order valence-electron chi connectivity index (χ1n) is 9.19. The maximum absolute atomic E-state index is 12.9. The van der Waals surface area contributed by atoms with E-state index in [9.17, 15) is 14.0 Å². The lowest BCUT2D eigenvalue weighted by molar-refractivity contribution is -0.122. The topological polar surface area (TPSA) is 70.2 Å². The van der Waals surface area contributed by atoms with E-state index < -0.39 is 12.1 Å². The summed E-state index contributed by atoms with van der Waals surface area (Å²) in [6.07, 6.45) is 1.26. The van der Waals surface area contributed by atoms with Gasteiger partial charge in [-0.3, -0.25) is 4.79 Å². The van der Waals surface area contributed by atoms with Crippen molar-refractivity contribution in [3.05, 3.63) is 71.5 Å². The number of amides is 3. The van der Waals surface area contributed by atoms with Gasteiger partial charge in [-0.1, -0.05) is 55.5 Å². The van der Waals surface area contributed by atoms with E-state index in [4.69, 9.17) is 0 Å². The van der Waals surface area contributed by atoms with Crippen molar-refractivity contribution in [3.8, 4) is 11.8 Å². The quantitative estimate of drug-likeness (QED) is 0.646. The van der Waals surface area contributed by atoms with Gasteiger partial charge in [0, 0.05) is 12.1 Å². The van der Waals surface area contributed by atoms with Crippen molar-refractivity contribution in [1.29, 1.82) is 0 Å². The highest BCUT2D eigenvalue weighted by Crippen LogP contribution is 2.02. The lowest BCUT2D eigenvalue weighted by Gasteiger charge is -2.17. The van der Waals surface area contributed by atoms with Crippen LogP contribution in [0.5, 0.6) is 0 Å². The molecule has 28 heavy (non-hydrogen) atoms. The number of halogens is 1. The molecule has 0 saturated heterocycles. The Balaban J connectivity index is 1.80. The lowest BCUT2D eigenvalue weighted by Crippen LogP contribution is -2.49. The molecule has 0 saturated carbocycles. The zero-order chi connectivity index (χ0) is 20.2. The SMILES string of the molecule is CCCC(NC(=O)NCc1ccc(F)cc1)C(=O)NCC#Cc1ccccc1. The van der Waals surface area contributed by atoms with E-state index in [2.05, 4.69) is 27.8 Å². The predicted molar refractivity (Wildman–Crippen MR) is 107 cm³/mol. The molecule has 0 aromatic heterocycles. The summed E-state index contributed by atoms with van der Waals surface area (Å²) in [6.45, 7) is 2.38. The minimum atomic E-state index is -0.642. The molecule has 3 amide bonds. The summed E-state index contributed by atoms with van der Waals surface area (Å²) < 4.78 is 12.9. The van der Waals surface area contributed by atoms with Gasteiger partial charge in [0.1, 0.15) is 11.9 Å². The first kappa shape index (κ1) is 21.0. The van der Waals surface area contributed by atoms with E-state index in [1.807, 2.05) is 37.3 Å². The Morgan fingerprint density at radius 2 is 1.75 bits per heavy atom. The van der Waals surface area contributed by atoms with Crippen LogP contribution in [0, 0.1) is 17.7 Å².